The van der Waals surface area contributed by atoms with Crippen molar-refractivity contribution in [3.8, 4) is 5.75 Å². The van der Waals surface area contributed by atoms with Crippen LogP contribution in [0, 0.1) is 5.92 Å². The van der Waals surface area contributed by atoms with Crippen LogP contribution in [0.5, 0.6) is 5.75 Å². The number of ether oxygens (including phenoxy) is 1. The Balaban J connectivity index is 2.44. The number of nitrogen functional groups attached to an aromatic ring is 1. The summed E-state index contributed by atoms with van der Waals surface area (Å²) in [6.45, 7) is 7.97. The maximum absolute atomic E-state index is 6.07. The van der Waals surface area contributed by atoms with Crippen molar-refractivity contribution in [3.63, 3.8) is 0 Å². The molecule has 0 radical (unpaired) electrons. The van der Waals surface area contributed by atoms with Crippen molar-refractivity contribution >= 4 is 17.0 Å². The van der Waals surface area contributed by atoms with Gasteiger partial charge in [-0.15, -0.1) is 0 Å². The summed E-state index contributed by atoms with van der Waals surface area (Å²) in [5.41, 5.74) is 8.01. The molecule has 0 atom stereocenters. The van der Waals surface area contributed by atoms with Gasteiger partial charge < -0.3 is 15.0 Å². The van der Waals surface area contributed by atoms with Gasteiger partial charge in [0.05, 0.1) is 12.1 Å². The highest BCUT2D eigenvalue weighted by molar-refractivity contribution is 5.84. The average Bonchev–Trinajstić information content (AvgIpc) is 2.73. The standard InChI is InChI=1S/C15H23N3O/c1-4-11(5-2)10-18-12-8-7-9-13(19-6-3)14(12)17-15(18)16/h7-9,11H,4-6,10H2,1-3H3,(H2,16,17). The van der Waals surface area contributed by atoms with Gasteiger partial charge in [0.15, 0.2) is 0 Å². The normalized spacial score (nSPS) is 11.4. The minimum atomic E-state index is 0.578. The fourth-order valence-corrected chi connectivity index (χ4v) is 2.41. The van der Waals surface area contributed by atoms with Gasteiger partial charge in [-0.3, -0.25) is 0 Å². The molecule has 0 amide bonds. The topological polar surface area (TPSA) is 53.1 Å². The molecule has 2 aromatic rings. The zero-order valence-corrected chi connectivity index (χ0v) is 12.0. The lowest BCUT2D eigenvalue weighted by Crippen LogP contribution is -2.11. The Hall–Kier alpha value is -1.71. The molecule has 4 heteroatoms. The average molecular weight is 261 g/mol. The molecule has 0 aliphatic carbocycles. The minimum Gasteiger partial charge on any atom is -0.492 e. The van der Waals surface area contributed by atoms with Crippen molar-refractivity contribution in [2.75, 3.05) is 12.3 Å². The van der Waals surface area contributed by atoms with Crippen molar-refractivity contribution in [2.45, 2.75) is 40.2 Å². The molecular formula is C15H23N3O. The number of rotatable bonds is 6. The number of hydrogen-bond donors (Lipinski definition) is 1. The quantitative estimate of drug-likeness (QED) is 0.866. The van der Waals surface area contributed by atoms with Crippen LogP contribution >= 0.6 is 0 Å². The van der Waals surface area contributed by atoms with Gasteiger partial charge in [0.25, 0.3) is 0 Å². The summed E-state index contributed by atoms with van der Waals surface area (Å²) in [5.74, 6) is 2.03. The molecule has 0 saturated heterocycles. The molecule has 0 aliphatic heterocycles. The molecule has 0 saturated carbocycles. The van der Waals surface area contributed by atoms with E-state index in [4.69, 9.17) is 10.5 Å². The van der Waals surface area contributed by atoms with E-state index >= 15 is 0 Å². The summed E-state index contributed by atoms with van der Waals surface area (Å²) < 4.78 is 7.72. The highest BCUT2D eigenvalue weighted by Gasteiger charge is 2.14. The Morgan fingerprint density at radius 1 is 1.26 bits per heavy atom. The van der Waals surface area contributed by atoms with Gasteiger partial charge in [-0.05, 0) is 25.0 Å². The Morgan fingerprint density at radius 3 is 2.63 bits per heavy atom. The molecule has 0 spiro atoms. The fraction of sp³-hybridized carbons (Fsp3) is 0.533. The lowest BCUT2D eigenvalue weighted by Gasteiger charge is -2.14. The van der Waals surface area contributed by atoms with E-state index in [2.05, 4.69) is 29.5 Å². The molecular weight excluding hydrogens is 238 g/mol. The smallest absolute Gasteiger partial charge is 0.201 e. The number of benzene rings is 1. The molecule has 1 heterocycles. The van der Waals surface area contributed by atoms with Crippen molar-refractivity contribution in [2.24, 2.45) is 5.92 Å². The number of anilines is 1. The van der Waals surface area contributed by atoms with Gasteiger partial charge in [0, 0.05) is 6.54 Å². The van der Waals surface area contributed by atoms with Gasteiger partial charge in [0.1, 0.15) is 11.3 Å². The second kappa shape index (κ2) is 5.95. The van der Waals surface area contributed by atoms with Crippen LogP contribution in [0.1, 0.15) is 33.6 Å². The maximum atomic E-state index is 6.07. The van der Waals surface area contributed by atoms with Gasteiger partial charge >= 0.3 is 0 Å². The van der Waals surface area contributed by atoms with Crippen molar-refractivity contribution in [3.05, 3.63) is 18.2 Å². The summed E-state index contributed by atoms with van der Waals surface area (Å²) >= 11 is 0. The number of fused-ring (bicyclic) bond motifs is 1. The SMILES string of the molecule is CCOc1cccc2c1nc(N)n2CC(CC)CC. The summed E-state index contributed by atoms with van der Waals surface area (Å²) in [6, 6.07) is 6.00. The van der Waals surface area contributed by atoms with Crippen LogP contribution < -0.4 is 10.5 Å². The van der Waals surface area contributed by atoms with Crippen LogP contribution in [0.2, 0.25) is 0 Å². The van der Waals surface area contributed by atoms with Crippen LogP contribution in [0.4, 0.5) is 5.95 Å². The third kappa shape index (κ3) is 2.67. The van der Waals surface area contributed by atoms with Crippen LogP contribution in [0.15, 0.2) is 18.2 Å². The third-order valence-electron chi connectivity index (χ3n) is 3.67. The monoisotopic (exact) mass is 261 g/mol. The van der Waals surface area contributed by atoms with E-state index in [-0.39, 0.29) is 0 Å². The number of para-hydroxylation sites is 1. The van der Waals surface area contributed by atoms with Crippen LogP contribution in [-0.2, 0) is 6.54 Å². The van der Waals surface area contributed by atoms with Gasteiger partial charge in [-0.25, -0.2) is 4.98 Å². The van der Waals surface area contributed by atoms with E-state index in [1.165, 1.54) is 0 Å². The van der Waals surface area contributed by atoms with E-state index in [1.54, 1.807) is 0 Å². The molecule has 104 valence electrons. The molecule has 4 nitrogen and oxygen atoms in total. The minimum absolute atomic E-state index is 0.578. The maximum Gasteiger partial charge on any atom is 0.201 e. The van der Waals surface area contributed by atoms with Crippen LogP contribution in [0.3, 0.4) is 0 Å². The Morgan fingerprint density at radius 2 is 2.00 bits per heavy atom. The van der Waals surface area contributed by atoms with E-state index in [0.29, 0.717) is 18.5 Å². The molecule has 1 aromatic heterocycles. The van der Waals surface area contributed by atoms with E-state index in [9.17, 15) is 0 Å². The van der Waals surface area contributed by atoms with Crippen molar-refractivity contribution in [1.29, 1.82) is 0 Å². The largest absolute Gasteiger partial charge is 0.492 e. The Kier molecular flexibility index (Phi) is 4.30. The molecule has 0 bridgehead atoms. The second-order valence-corrected chi connectivity index (χ2v) is 4.82. The molecule has 0 unspecified atom stereocenters. The summed E-state index contributed by atoms with van der Waals surface area (Å²) in [4.78, 5) is 4.47. The molecule has 0 aliphatic rings. The summed E-state index contributed by atoms with van der Waals surface area (Å²) in [5, 5.41) is 0. The lowest BCUT2D eigenvalue weighted by atomic mass is 10.0. The summed E-state index contributed by atoms with van der Waals surface area (Å²) in [6.07, 6.45) is 2.31. The van der Waals surface area contributed by atoms with Gasteiger partial charge in [-0.2, -0.15) is 0 Å². The molecule has 1 aromatic carbocycles. The highest BCUT2D eigenvalue weighted by atomic mass is 16.5. The Bertz CT molecular complexity index is 544. The zero-order valence-electron chi connectivity index (χ0n) is 12.0. The molecule has 2 rings (SSSR count). The number of aromatic nitrogens is 2. The van der Waals surface area contributed by atoms with Gasteiger partial charge in [0.2, 0.25) is 5.95 Å². The van der Waals surface area contributed by atoms with E-state index in [1.807, 2.05) is 19.1 Å². The van der Waals surface area contributed by atoms with Crippen LogP contribution in [0.25, 0.3) is 11.0 Å². The fourth-order valence-electron chi connectivity index (χ4n) is 2.41. The number of nitrogens with two attached hydrogens (primary N) is 1. The van der Waals surface area contributed by atoms with Crippen LogP contribution in [-0.4, -0.2) is 16.2 Å². The number of hydrogen-bond acceptors (Lipinski definition) is 3. The first-order valence-corrected chi connectivity index (χ1v) is 7.08. The van der Waals surface area contributed by atoms with E-state index in [0.717, 1.165) is 36.2 Å². The van der Waals surface area contributed by atoms with Crippen molar-refractivity contribution < 1.29 is 4.74 Å². The first-order chi connectivity index (χ1) is 9.21. The predicted molar refractivity (Wildman–Crippen MR) is 79.4 cm³/mol. The highest BCUT2D eigenvalue weighted by Crippen LogP contribution is 2.28. The first kappa shape index (κ1) is 13.7. The number of imidazole rings is 1. The lowest BCUT2D eigenvalue weighted by molar-refractivity contribution is 0.343. The van der Waals surface area contributed by atoms with E-state index < -0.39 is 0 Å². The second-order valence-electron chi connectivity index (χ2n) is 4.82. The van der Waals surface area contributed by atoms with Gasteiger partial charge in [-0.1, -0.05) is 32.8 Å². The van der Waals surface area contributed by atoms with Crippen molar-refractivity contribution in [1.82, 2.24) is 9.55 Å². The Labute approximate surface area is 114 Å². The zero-order chi connectivity index (χ0) is 13.8. The molecule has 19 heavy (non-hydrogen) atoms. The molecule has 0 fully saturated rings. The predicted octanol–water partition coefficient (Wildman–Crippen LogP) is 3.45. The number of nitrogens with zero attached hydrogens (tertiary/aromatic N) is 2. The first-order valence-electron chi connectivity index (χ1n) is 7.08. The third-order valence-corrected chi connectivity index (χ3v) is 3.67. The molecule has 2 N–H and O–H groups in total. The summed E-state index contributed by atoms with van der Waals surface area (Å²) in [7, 11) is 0.